The van der Waals surface area contributed by atoms with Crippen molar-refractivity contribution in [2.75, 3.05) is 20.1 Å². The zero-order valence-corrected chi connectivity index (χ0v) is 11.9. The van der Waals surface area contributed by atoms with Crippen LogP contribution in [0.4, 0.5) is 4.79 Å². The molecule has 110 valence electrons. The molecular formula is C14H22N4O2. The van der Waals surface area contributed by atoms with Gasteiger partial charge in [-0.25, -0.2) is 4.79 Å². The Bertz CT molecular complexity index is 462. The number of urea groups is 1. The fourth-order valence-corrected chi connectivity index (χ4v) is 1.97. The maximum absolute atomic E-state index is 11.9. The van der Waals surface area contributed by atoms with Crippen molar-refractivity contribution >= 4 is 11.9 Å². The highest BCUT2D eigenvalue weighted by atomic mass is 16.2. The maximum Gasteiger partial charge on any atom is 0.312 e. The molecule has 0 heterocycles. The van der Waals surface area contributed by atoms with Crippen molar-refractivity contribution in [1.29, 1.82) is 0 Å². The van der Waals surface area contributed by atoms with Crippen molar-refractivity contribution in [2.45, 2.75) is 19.4 Å². The SMILES string of the molecule is CNCCNC(=O)CC(NC(N)=O)c1ccccc1C. The summed E-state index contributed by atoms with van der Waals surface area (Å²) in [6, 6.07) is 6.55. The molecule has 0 fully saturated rings. The number of benzene rings is 1. The van der Waals surface area contributed by atoms with E-state index in [0.717, 1.165) is 11.1 Å². The molecule has 0 aromatic heterocycles. The average Bonchev–Trinajstić information content (AvgIpc) is 2.38. The van der Waals surface area contributed by atoms with Crippen LogP contribution in [0.15, 0.2) is 24.3 Å². The molecule has 1 rings (SSSR count). The summed E-state index contributed by atoms with van der Waals surface area (Å²) < 4.78 is 0. The number of nitrogens with two attached hydrogens (primary N) is 1. The zero-order valence-electron chi connectivity index (χ0n) is 11.9. The lowest BCUT2D eigenvalue weighted by Gasteiger charge is -2.19. The van der Waals surface area contributed by atoms with E-state index in [1.807, 2.05) is 38.2 Å². The van der Waals surface area contributed by atoms with Crippen molar-refractivity contribution in [2.24, 2.45) is 5.73 Å². The van der Waals surface area contributed by atoms with E-state index in [1.54, 1.807) is 0 Å². The molecule has 1 unspecified atom stereocenters. The van der Waals surface area contributed by atoms with Crippen molar-refractivity contribution in [3.05, 3.63) is 35.4 Å². The first-order chi connectivity index (χ1) is 9.54. The molecule has 1 aromatic rings. The van der Waals surface area contributed by atoms with Gasteiger partial charge in [0.15, 0.2) is 0 Å². The van der Waals surface area contributed by atoms with Gasteiger partial charge in [0.2, 0.25) is 5.91 Å². The number of carbonyl (C=O) groups excluding carboxylic acids is 2. The first kappa shape index (κ1) is 16.0. The molecule has 1 aromatic carbocycles. The van der Waals surface area contributed by atoms with Gasteiger partial charge in [0.05, 0.1) is 12.5 Å². The van der Waals surface area contributed by atoms with Gasteiger partial charge in [-0.15, -0.1) is 0 Å². The molecule has 6 heteroatoms. The van der Waals surface area contributed by atoms with Crippen molar-refractivity contribution in [3.8, 4) is 0 Å². The lowest BCUT2D eigenvalue weighted by atomic mass is 9.98. The molecule has 20 heavy (non-hydrogen) atoms. The van der Waals surface area contributed by atoms with Crippen LogP contribution in [0.1, 0.15) is 23.6 Å². The van der Waals surface area contributed by atoms with Crippen LogP contribution in [0, 0.1) is 6.92 Å². The van der Waals surface area contributed by atoms with Gasteiger partial charge < -0.3 is 21.7 Å². The second kappa shape index (κ2) is 8.16. The number of aryl methyl sites for hydroxylation is 1. The van der Waals surface area contributed by atoms with E-state index in [-0.39, 0.29) is 12.3 Å². The highest BCUT2D eigenvalue weighted by Gasteiger charge is 2.18. The molecule has 3 amide bonds. The van der Waals surface area contributed by atoms with Gasteiger partial charge in [-0.1, -0.05) is 24.3 Å². The standard InChI is InChI=1S/C14H22N4O2/c1-10-5-3-4-6-11(10)12(18-14(15)20)9-13(19)17-8-7-16-2/h3-6,12,16H,7-9H2,1-2H3,(H,17,19)(H3,15,18,20). The van der Waals surface area contributed by atoms with E-state index < -0.39 is 12.1 Å². The Hall–Kier alpha value is -2.08. The van der Waals surface area contributed by atoms with Crippen LogP contribution in [0.3, 0.4) is 0 Å². The molecule has 0 aliphatic rings. The molecule has 0 aliphatic carbocycles. The second-order valence-corrected chi connectivity index (χ2v) is 4.58. The molecule has 5 N–H and O–H groups in total. The summed E-state index contributed by atoms with van der Waals surface area (Å²) in [6.07, 6.45) is 0.164. The third-order valence-electron chi connectivity index (χ3n) is 2.97. The highest BCUT2D eigenvalue weighted by Crippen LogP contribution is 2.20. The monoisotopic (exact) mass is 278 g/mol. The molecule has 0 aliphatic heterocycles. The summed E-state index contributed by atoms with van der Waals surface area (Å²) in [7, 11) is 1.82. The number of amides is 3. The number of carbonyl (C=O) groups is 2. The van der Waals surface area contributed by atoms with Gasteiger partial charge in [0.25, 0.3) is 0 Å². The van der Waals surface area contributed by atoms with E-state index >= 15 is 0 Å². The summed E-state index contributed by atoms with van der Waals surface area (Å²) in [6.45, 7) is 3.18. The molecule has 0 radical (unpaired) electrons. The lowest BCUT2D eigenvalue weighted by Crippen LogP contribution is -2.38. The normalized spacial score (nSPS) is 11.7. The summed E-state index contributed by atoms with van der Waals surface area (Å²) in [5.74, 6) is -0.123. The second-order valence-electron chi connectivity index (χ2n) is 4.58. The fraction of sp³-hybridized carbons (Fsp3) is 0.429. The largest absolute Gasteiger partial charge is 0.355 e. The minimum absolute atomic E-state index is 0.123. The summed E-state index contributed by atoms with van der Waals surface area (Å²) in [4.78, 5) is 23.0. The van der Waals surface area contributed by atoms with Crippen molar-refractivity contribution in [1.82, 2.24) is 16.0 Å². The molecule has 1 atom stereocenters. The molecule has 0 spiro atoms. The predicted octanol–water partition coefficient (Wildman–Crippen LogP) is 0.430. The van der Waals surface area contributed by atoms with Crippen LogP contribution >= 0.6 is 0 Å². The Balaban J connectivity index is 2.72. The molecule has 0 bridgehead atoms. The Labute approximate surface area is 119 Å². The molecule has 6 nitrogen and oxygen atoms in total. The third-order valence-corrected chi connectivity index (χ3v) is 2.97. The lowest BCUT2D eigenvalue weighted by molar-refractivity contribution is -0.121. The van der Waals surface area contributed by atoms with E-state index in [4.69, 9.17) is 5.73 Å². The van der Waals surface area contributed by atoms with Crippen LogP contribution in [0.5, 0.6) is 0 Å². The van der Waals surface area contributed by atoms with E-state index in [1.165, 1.54) is 0 Å². The Morgan fingerprint density at radius 3 is 2.55 bits per heavy atom. The van der Waals surface area contributed by atoms with Crippen LogP contribution in [-0.2, 0) is 4.79 Å². The Morgan fingerprint density at radius 1 is 1.25 bits per heavy atom. The van der Waals surface area contributed by atoms with Crippen LogP contribution < -0.4 is 21.7 Å². The van der Waals surface area contributed by atoms with Crippen LogP contribution in [-0.4, -0.2) is 32.1 Å². The summed E-state index contributed by atoms with van der Waals surface area (Å²) >= 11 is 0. The Kier molecular flexibility index (Phi) is 6.52. The van der Waals surface area contributed by atoms with Gasteiger partial charge in [0.1, 0.15) is 0 Å². The smallest absolute Gasteiger partial charge is 0.312 e. The van der Waals surface area contributed by atoms with Crippen molar-refractivity contribution < 1.29 is 9.59 Å². The average molecular weight is 278 g/mol. The topological polar surface area (TPSA) is 96.2 Å². The summed E-state index contributed by atoms with van der Waals surface area (Å²) in [5.41, 5.74) is 7.09. The Morgan fingerprint density at radius 2 is 1.95 bits per heavy atom. The van der Waals surface area contributed by atoms with Crippen molar-refractivity contribution in [3.63, 3.8) is 0 Å². The first-order valence-corrected chi connectivity index (χ1v) is 6.57. The zero-order chi connectivity index (χ0) is 15.0. The van der Waals surface area contributed by atoms with E-state index in [0.29, 0.717) is 13.1 Å². The number of hydrogen-bond donors (Lipinski definition) is 4. The third kappa shape index (κ3) is 5.27. The fourth-order valence-electron chi connectivity index (χ4n) is 1.97. The van der Waals surface area contributed by atoms with Crippen LogP contribution in [0.2, 0.25) is 0 Å². The number of nitrogens with one attached hydrogen (secondary N) is 3. The van der Waals surface area contributed by atoms with Gasteiger partial charge in [0, 0.05) is 13.1 Å². The number of rotatable bonds is 7. The van der Waals surface area contributed by atoms with Gasteiger partial charge in [-0.05, 0) is 25.1 Å². The maximum atomic E-state index is 11.9. The number of likely N-dealkylation sites (N-methyl/N-ethyl adjacent to an activating group) is 1. The quantitative estimate of drug-likeness (QED) is 0.545. The van der Waals surface area contributed by atoms with E-state index in [2.05, 4.69) is 16.0 Å². The highest BCUT2D eigenvalue weighted by molar-refractivity contribution is 5.78. The predicted molar refractivity (Wildman–Crippen MR) is 78.2 cm³/mol. The number of primary amides is 1. The van der Waals surface area contributed by atoms with Gasteiger partial charge >= 0.3 is 6.03 Å². The minimum atomic E-state index is -0.638. The van der Waals surface area contributed by atoms with Crippen LogP contribution in [0.25, 0.3) is 0 Å². The van der Waals surface area contributed by atoms with Gasteiger partial charge in [-0.2, -0.15) is 0 Å². The molecule has 0 saturated carbocycles. The minimum Gasteiger partial charge on any atom is -0.355 e. The summed E-state index contributed by atoms with van der Waals surface area (Å²) in [5, 5.41) is 8.35. The molecular weight excluding hydrogens is 256 g/mol. The number of hydrogen-bond acceptors (Lipinski definition) is 3. The first-order valence-electron chi connectivity index (χ1n) is 6.57. The van der Waals surface area contributed by atoms with E-state index in [9.17, 15) is 9.59 Å². The molecule has 0 saturated heterocycles. The van der Waals surface area contributed by atoms with Gasteiger partial charge in [-0.3, -0.25) is 4.79 Å².